The van der Waals surface area contributed by atoms with Crippen LogP contribution in [0.2, 0.25) is 0 Å². The van der Waals surface area contributed by atoms with Crippen LogP contribution in [-0.4, -0.2) is 22.3 Å². The molecule has 1 amide bonds. The van der Waals surface area contributed by atoms with E-state index in [1.807, 2.05) is 61.5 Å². The lowest BCUT2D eigenvalue weighted by atomic mass is 10.1. The Hall–Kier alpha value is -2.68. The molecule has 1 fully saturated rings. The first-order valence-corrected chi connectivity index (χ1v) is 11.7. The monoisotopic (exact) mass is 526 g/mol. The van der Waals surface area contributed by atoms with Gasteiger partial charge in [0.15, 0.2) is 15.8 Å². The zero-order chi connectivity index (χ0) is 22.7. The van der Waals surface area contributed by atoms with Crippen molar-refractivity contribution in [2.45, 2.75) is 13.5 Å². The van der Waals surface area contributed by atoms with Crippen LogP contribution in [0.15, 0.2) is 70.3 Å². The number of rotatable bonds is 6. The van der Waals surface area contributed by atoms with Gasteiger partial charge in [-0.15, -0.1) is 0 Å². The third kappa shape index (κ3) is 4.72. The van der Waals surface area contributed by atoms with Crippen molar-refractivity contribution in [3.63, 3.8) is 0 Å². The minimum absolute atomic E-state index is 0.137. The second-order valence-corrected chi connectivity index (χ2v) is 9.51. The maximum absolute atomic E-state index is 13.1. The summed E-state index contributed by atoms with van der Waals surface area (Å²) < 4.78 is 12.8. The number of carbonyl (C=O) groups excluding carboxylic acids is 1. The summed E-state index contributed by atoms with van der Waals surface area (Å²) in [5, 5.41) is 0. The predicted molar refractivity (Wildman–Crippen MR) is 136 cm³/mol. The summed E-state index contributed by atoms with van der Waals surface area (Å²) in [6.45, 7) is 2.34. The van der Waals surface area contributed by atoms with E-state index in [1.54, 1.807) is 24.4 Å². The number of amides is 1. The summed E-state index contributed by atoms with van der Waals surface area (Å²) in [7, 11) is 1.59. The van der Waals surface area contributed by atoms with Crippen LogP contribution in [0, 0.1) is 6.92 Å². The quantitative estimate of drug-likeness (QED) is 0.283. The first-order chi connectivity index (χ1) is 15.5. The van der Waals surface area contributed by atoms with Crippen LogP contribution in [-0.2, 0) is 11.4 Å². The number of halogens is 1. The van der Waals surface area contributed by atoms with Crippen LogP contribution in [0.5, 0.6) is 11.5 Å². The van der Waals surface area contributed by atoms with Gasteiger partial charge in [0.2, 0.25) is 0 Å². The number of benzene rings is 2. The number of nitrogens with zero attached hydrogens (tertiary/aromatic N) is 2. The van der Waals surface area contributed by atoms with E-state index in [0.717, 1.165) is 26.9 Å². The number of hydrogen-bond acceptors (Lipinski definition) is 6. The van der Waals surface area contributed by atoms with Gasteiger partial charge in [0.05, 0.1) is 22.2 Å². The van der Waals surface area contributed by atoms with Gasteiger partial charge in [-0.1, -0.05) is 42.2 Å². The number of pyridine rings is 1. The van der Waals surface area contributed by atoms with Gasteiger partial charge in [-0.2, -0.15) is 0 Å². The molecule has 162 valence electrons. The molecule has 3 aromatic rings. The van der Waals surface area contributed by atoms with E-state index >= 15 is 0 Å². The Kier molecular flexibility index (Phi) is 6.93. The Morgan fingerprint density at radius 3 is 2.66 bits per heavy atom. The summed E-state index contributed by atoms with van der Waals surface area (Å²) in [6.07, 6.45) is 5.26. The molecule has 0 aliphatic carbocycles. The van der Waals surface area contributed by atoms with E-state index in [9.17, 15) is 4.79 Å². The first kappa shape index (κ1) is 22.5. The second-order valence-electron chi connectivity index (χ2n) is 6.98. The number of aromatic nitrogens is 1. The molecule has 0 bridgehead atoms. The van der Waals surface area contributed by atoms with Crippen molar-refractivity contribution in [3.8, 4) is 11.5 Å². The Balaban J connectivity index is 1.60. The number of para-hydroxylation sites is 1. The number of methoxy groups -OCH3 is 1. The minimum atomic E-state index is -0.137. The molecule has 0 N–H and O–H groups in total. The molecule has 0 unspecified atom stereocenters. The molecule has 8 heteroatoms. The topological polar surface area (TPSA) is 51.7 Å². The summed E-state index contributed by atoms with van der Waals surface area (Å²) in [5.41, 5.74) is 3.59. The molecule has 1 saturated heterocycles. The Labute approximate surface area is 204 Å². The van der Waals surface area contributed by atoms with Gasteiger partial charge < -0.3 is 9.47 Å². The maximum Gasteiger partial charge on any atom is 0.270 e. The Bertz CT molecular complexity index is 1220. The molecule has 0 spiro atoms. The van der Waals surface area contributed by atoms with Crippen LogP contribution in [0.25, 0.3) is 6.08 Å². The summed E-state index contributed by atoms with van der Waals surface area (Å²) >= 11 is 10.4. The number of ether oxygens (including phenoxy) is 2. The Morgan fingerprint density at radius 2 is 1.94 bits per heavy atom. The average Bonchev–Trinajstić information content (AvgIpc) is 3.06. The van der Waals surface area contributed by atoms with Gasteiger partial charge >= 0.3 is 0 Å². The van der Waals surface area contributed by atoms with E-state index in [0.29, 0.717) is 27.3 Å². The molecular formula is C24H19BrN2O3S2. The fraction of sp³-hybridized carbons (Fsp3) is 0.125. The third-order valence-corrected chi connectivity index (χ3v) is 6.72. The fourth-order valence-corrected chi connectivity index (χ4v) is 5.10. The number of thioether (sulfide) groups is 1. The number of carbonyl (C=O) groups is 1. The number of anilines is 1. The lowest BCUT2D eigenvalue weighted by molar-refractivity contribution is -0.113. The van der Waals surface area contributed by atoms with Crippen molar-refractivity contribution >= 4 is 61.9 Å². The SMILES string of the molecule is COc1cc(/C=C2/SC(=S)N(c3ccccc3C)C2=O)cc(Br)c1OCc1ccncc1. The largest absolute Gasteiger partial charge is 0.493 e. The molecule has 1 aliphatic heterocycles. The van der Waals surface area contributed by atoms with E-state index in [2.05, 4.69) is 20.9 Å². The third-order valence-electron chi connectivity index (χ3n) is 4.83. The van der Waals surface area contributed by atoms with Gasteiger partial charge in [0.1, 0.15) is 6.61 Å². The van der Waals surface area contributed by atoms with Gasteiger partial charge in [-0.3, -0.25) is 14.7 Å². The second kappa shape index (κ2) is 9.85. The normalized spacial score (nSPS) is 14.8. The van der Waals surface area contributed by atoms with E-state index in [-0.39, 0.29) is 5.91 Å². The molecule has 4 rings (SSSR count). The van der Waals surface area contributed by atoms with Crippen molar-refractivity contribution in [2.75, 3.05) is 12.0 Å². The summed E-state index contributed by atoms with van der Waals surface area (Å²) in [5.74, 6) is 1.02. The van der Waals surface area contributed by atoms with Crippen LogP contribution >= 0.6 is 39.9 Å². The van der Waals surface area contributed by atoms with Crippen LogP contribution in [0.3, 0.4) is 0 Å². The molecule has 32 heavy (non-hydrogen) atoms. The molecule has 1 aromatic heterocycles. The molecule has 0 atom stereocenters. The van der Waals surface area contributed by atoms with Crippen LogP contribution in [0.4, 0.5) is 5.69 Å². The molecule has 0 saturated carbocycles. The van der Waals surface area contributed by atoms with Crippen molar-refractivity contribution in [2.24, 2.45) is 0 Å². The van der Waals surface area contributed by atoms with E-state index in [4.69, 9.17) is 21.7 Å². The van der Waals surface area contributed by atoms with Gasteiger partial charge in [0, 0.05) is 12.4 Å². The fourth-order valence-electron chi connectivity index (χ4n) is 3.24. The predicted octanol–water partition coefficient (Wildman–Crippen LogP) is 6.15. The van der Waals surface area contributed by atoms with E-state index in [1.165, 1.54) is 11.8 Å². The summed E-state index contributed by atoms with van der Waals surface area (Å²) in [6, 6.07) is 15.2. The van der Waals surface area contributed by atoms with Crippen molar-refractivity contribution in [1.82, 2.24) is 4.98 Å². The van der Waals surface area contributed by atoms with Gasteiger partial charge in [-0.25, -0.2) is 0 Å². The molecule has 2 aromatic carbocycles. The first-order valence-electron chi connectivity index (χ1n) is 9.70. The minimum Gasteiger partial charge on any atom is -0.493 e. The standard InChI is InChI=1S/C24H19BrN2O3S2/c1-15-5-3-4-6-19(15)27-23(28)21(32-24(27)31)13-17-11-18(25)22(20(12-17)29-2)30-14-16-7-9-26-10-8-16/h3-13H,14H2,1-2H3/b21-13+. The highest BCUT2D eigenvalue weighted by Gasteiger charge is 2.34. The molecule has 2 heterocycles. The van der Waals surface area contributed by atoms with Crippen LogP contribution in [0.1, 0.15) is 16.7 Å². The van der Waals surface area contributed by atoms with Crippen molar-refractivity contribution in [3.05, 3.63) is 87.0 Å². The zero-order valence-corrected chi connectivity index (χ0v) is 20.6. The number of aryl methyl sites for hydroxylation is 1. The molecular weight excluding hydrogens is 508 g/mol. The highest BCUT2D eigenvalue weighted by Crippen LogP contribution is 2.40. The highest BCUT2D eigenvalue weighted by atomic mass is 79.9. The maximum atomic E-state index is 13.1. The van der Waals surface area contributed by atoms with Crippen molar-refractivity contribution in [1.29, 1.82) is 0 Å². The van der Waals surface area contributed by atoms with Gasteiger partial charge in [-0.05, 0) is 76.0 Å². The number of thiocarbonyl (C=S) groups is 1. The lowest BCUT2D eigenvalue weighted by Gasteiger charge is -2.16. The summed E-state index contributed by atoms with van der Waals surface area (Å²) in [4.78, 5) is 19.3. The van der Waals surface area contributed by atoms with Gasteiger partial charge in [0.25, 0.3) is 5.91 Å². The number of hydrogen-bond donors (Lipinski definition) is 0. The molecule has 0 radical (unpaired) electrons. The van der Waals surface area contributed by atoms with Crippen LogP contribution < -0.4 is 14.4 Å². The van der Waals surface area contributed by atoms with E-state index < -0.39 is 0 Å². The zero-order valence-electron chi connectivity index (χ0n) is 17.4. The highest BCUT2D eigenvalue weighted by molar-refractivity contribution is 9.10. The Morgan fingerprint density at radius 1 is 1.19 bits per heavy atom. The van der Waals surface area contributed by atoms with Crippen molar-refractivity contribution < 1.29 is 14.3 Å². The average molecular weight is 527 g/mol. The lowest BCUT2D eigenvalue weighted by Crippen LogP contribution is -2.28. The smallest absolute Gasteiger partial charge is 0.270 e. The molecule has 1 aliphatic rings. The molecule has 5 nitrogen and oxygen atoms in total.